The number of ether oxygens (including phenoxy) is 1. The summed E-state index contributed by atoms with van der Waals surface area (Å²) in [4.78, 5) is 2.20. The first-order chi connectivity index (χ1) is 7.74. The monoisotopic (exact) mass is 228 g/mol. The van der Waals surface area contributed by atoms with Gasteiger partial charge in [-0.1, -0.05) is 12.8 Å². The number of hydrogen-bond acceptors (Lipinski definition) is 3. The lowest BCUT2D eigenvalue weighted by molar-refractivity contribution is 0.0574. The van der Waals surface area contributed by atoms with Gasteiger partial charge in [-0.3, -0.25) is 0 Å². The van der Waals surface area contributed by atoms with Gasteiger partial charge in [-0.25, -0.2) is 0 Å². The summed E-state index contributed by atoms with van der Waals surface area (Å²) in [7, 11) is 4.21. The number of nitrogens with two attached hydrogens (primary N) is 1. The van der Waals surface area contributed by atoms with E-state index in [0.717, 1.165) is 38.6 Å². The van der Waals surface area contributed by atoms with Gasteiger partial charge in [0.25, 0.3) is 0 Å². The van der Waals surface area contributed by atoms with Gasteiger partial charge < -0.3 is 15.4 Å². The average Bonchev–Trinajstić information content (AvgIpc) is 2.29. The topological polar surface area (TPSA) is 38.5 Å². The molecular weight excluding hydrogens is 200 g/mol. The van der Waals surface area contributed by atoms with Gasteiger partial charge in [0.2, 0.25) is 0 Å². The van der Waals surface area contributed by atoms with Crippen LogP contribution < -0.4 is 5.73 Å². The third-order valence-electron chi connectivity index (χ3n) is 3.60. The van der Waals surface area contributed by atoms with Crippen molar-refractivity contribution in [3.05, 3.63) is 0 Å². The van der Waals surface area contributed by atoms with E-state index in [2.05, 4.69) is 19.0 Å². The zero-order chi connectivity index (χ0) is 11.8. The van der Waals surface area contributed by atoms with Gasteiger partial charge in [0.15, 0.2) is 0 Å². The molecule has 1 fully saturated rings. The highest BCUT2D eigenvalue weighted by Gasteiger charge is 2.23. The normalized spacial score (nSPS) is 26.2. The second kappa shape index (κ2) is 8.04. The minimum atomic E-state index is 0.711. The molecule has 0 aromatic carbocycles. The highest BCUT2D eigenvalue weighted by molar-refractivity contribution is 4.75. The van der Waals surface area contributed by atoms with Crippen LogP contribution in [0.1, 0.15) is 32.1 Å². The van der Waals surface area contributed by atoms with Crippen LogP contribution in [-0.4, -0.2) is 45.3 Å². The Kier molecular flexibility index (Phi) is 7.01. The first kappa shape index (κ1) is 13.9. The van der Waals surface area contributed by atoms with Gasteiger partial charge in [0, 0.05) is 13.2 Å². The van der Waals surface area contributed by atoms with Crippen molar-refractivity contribution in [1.29, 1.82) is 0 Å². The van der Waals surface area contributed by atoms with Crippen molar-refractivity contribution in [3.8, 4) is 0 Å². The van der Waals surface area contributed by atoms with Gasteiger partial charge >= 0.3 is 0 Å². The van der Waals surface area contributed by atoms with Gasteiger partial charge in [0.1, 0.15) is 0 Å². The minimum absolute atomic E-state index is 0.711. The van der Waals surface area contributed by atoms with Crippen LogP contribution >= 0.6 is 0 Å². The predicted molar refractivity (Wildman–Crippen MR) is 68.5 cm³/mol. The van der Waals surface area contributed by atoms with Crippen molar-refractivity contribution in [2.24, 2.45) is 17.6 Å². The number of rotatable bonds is 7. The third-order valence-corrected chi connectivity index (χ3v) is 3.60. The minimum Gasteiger partial charge on any atom is -0.381 e. The molecule has 96 valence electrons. The van der Waals surface area contributed by atoms with Crippen LogP contribution in [0.3, 0.4) is 0 Å². The molecule has 2 N–H and O–H groups in total. The highest BCUT2D eigenvalue weighted by Crippen LogP contribution is 2.29. The van der Waals surface area contributed by atoms with E-state index in [1.807, 2.05) is 0 Å². The molecule has 0 saturated heterocycles. The molecule has 0 amide bonds. The Hall–Kier alpha value is -0.120. The lowest BCUT2D eigenvalue weighted by Crippen LogP contribution is -2.30. The van der Waals surface area contributed by atoms with Gasteiger partial charge in [-0.15, -0.1) is 0 Å². The van der Waals surface area contributed by atoms with Gasteiger partial charge in [-0.05, 0) is 58.3 Å². The molecule has 0 spiro atoms. The Morgan fingerprint density at radius 2 is 1.88 bits per heavy atom. The zero-order valence-corrected chi connectivity index (χ0v) is 11.0. The maximum atomic E-state index is 5.80. The maximum Gasteiger partial charge on any atom is 0.0497 e. The highest BCUT2D eigenvalue weighted by atomic mass is 16.5. The van der Waals surface area contributed by atoms with Crippen molar-refractivity contribution in [2.75, 3.05) is 40.4 Å². The molecule has 3 nitrogen and oxygen atoms in total. The largest absolute Gasteiger partial charge is 0.381 e. The van der Waals surface area contributed by atoms with Crippen LogP contribution in [0.25, 0.3) is 0 Å². The first-order valence-electron chi connectivity index (χ1n) is 6.66. The smallest absolute Gasteiger partial charge is 0.0497 e. The van der Waals surface area contributed by atoms with E-state index < -0.39 is 0 Å². The molecule has 0 bridgehead atoms. The Balaban J connectivity index is 2.06. The van der Waals surface area contributed by atoms with E-state index in [9.17, 15) is 0 Å². The fourth-order valence-electron chi connectivity index (χ4n) is 2.53. The summed E-state index contributed by atoms with van der Waals surface area (Å²) in [6.45, 7) is 3.78. The summed E-state index contributed by atoms with van der Waals surface area (Å²) < 4.78 is 5.77. The van der Waals surface area contributed by atoms with E-state index in [1.54, 1.807) is 0 Å². The van der Waals surface area contributed by atoms with Crippen molar-refractivity contribution < 1.29 is 4.74 Å². The summed E-state index contributed by atoms with van der Waals surface area (Å²) in [6.07, 6.45) is 6.48. The van der Waals surface area contributed by atoms with Crippen molar-refractivity contribution in [2.45, 2.75) is 32.1 Å². The molecule has 0 aromatic heterocycles. The molecule has 3 heteroatoms. The predicted octanol–water partition coefficient (Wildman–Crippen LogP) is 1.72. The summed E-state index contributed by atoms with van der Waals surface area (Å²) in [6, 6.07) is 0. The van der Waals surface area contributed by atoms with Crippen LogP contribution in [0.15, 0.2) is 0 Å². The molecule has 0 aromatic rings. The third kappa shape index (κ3) is 5.28. The molecule has 1 saturated carbocycles. The molecule has 16 heavy (non-hydrogen) atoms. The lowest BCUT2D eigenvalue weighted by atomic mass is 9.80. The van der Waals surface area contributed by atoms with Crippen LogP contribution in [-0.2, 0) is 4.74 Å². The van der Waals surface area contributed by atoms with Crippen LogP contribution in [0, 0.1) is 11.8 Å². The lowest BCUT2D eigenvalue weighted by Gasteiger charge is -2.30. The average molecular weight is 228 g/mol. The van der Waals surface area contributed by atoms with Gasteiger partial charge in [-0.2, -0.15) is 0 Å². The van der Waals surface area contributed by atoms with E-state index in [-0.39, 0.29) is 0 Å². The summed E-state index contributed by atoms with van der Waals surface area (Å²) in [5.41, 5.74) is 5.80. The number of hydrogen-bond donors (Lipinski definition) is 1. The van der Waals surface area contributed by atoms with Gasteiger partial charge in [0.05, 0.1) is 0 Å². The fourth-order valence-corrected chi connectivity index (χ4v) is 2.53. The first-order valence-corrected chi connectivity index (χ1v) is 6.66. The fraction of sp³-hybridized carbons (Fsp3) is 1.00. The molecule has 1 aliphatic carbocycles. The molecule has 1 rings (SSSR count). The van der Waals surface area contributed by atoms with E-state index in [4.69, 9.17) is 10.5 Å². The van der Waals surface area contributed by atoms with Crippen molar-refractivity contribution in [1.82, 2.24) is 4.90 Å². The standard InChI is InChI=1S/C13H28N2O/c1-15(2)8-5-9-16-11-13-7-4-3-6-12(13)10-14/h12-13H,3-11,14H2,1-2H3. The second-order valence-corrected chi connectivity index (χ2v) is 5.27. The molecule has 0 heterocycles. The molecule has 1 aliphatic rings. The molecule has 0 aliphatic heterocycles. The zero-order valence-electron chi connectivity index (χ0n) is 11.0. The number of nitrogens with zero attached hydrogens (tertiary/aromatic N) is 1. The second-order valence-electron chi connectivity index (χ2n) is 5.27. The quantitative estimate of drug-likeness (QED) is 0.674. The Bertz CT molecular complexity index is 173. The van der Waals surface area contributed by atoms with Crippen molar-refractivity contribution >= 4 is 0 Å². The van der Waals surface area contributed by atoms with E-state index in [0.29, 0.717) is 5.92 Å². The Morgan fingerprint density at radius 3 is 2.50 bits per heavy atom. The van der Waals surface area contributed by atoms with Crippen molar-refractivity contribution in [3.63, 3.8) is 0 Å². The van der Waals surface area contributed by atoms with Crippen LogP contribution in [0.2, 0.25) is 0 Å². The molecule has 2 unspecified atom stereocenters. The summed E-state index contributed by atoms with van der Waals surface area (Å²) in [5.74, 6) is 1.43. The van der Waals surface area contributed by atoms with E-state index in [1.165, 1.54) is 25.7 Å². The summed E-state index contributed by atoms with van der Waals surface area (Å²) in [5, 5.41) is 0. The Labute approximate surface area is 100 Å². The van der Waals surface area contributed by atoms with Crippen LogP contribution in [0.5, 0.6) is 0 Å². The molecule has 2 atom stereocenters. The SMILES string of the molecule is CN(C)CCCOCC1CCCCC1CN. The van der Waals surface area contributed by atoms with Crippen LogP contribution in [0.4, 0.5) is 0 Å². The molecular formula is C13H28N2O. The Morgan fingerprint density at radius 1 is 1.19 bits per heavy atom. The molecule has 0 radical (unpaired) electrons. The summed E-state index contributed by atoms with van der Waals surface area (Å²) >= 11 is 0. The van der Waals surface area contributed by atoms with E-state index >= 15 is 0 Å². The maximum absolute atomic E-state index is 5.80.